The number of aromatic hydroxyl groups is 1. The van der Waals surface area contributed by atoms with Crippen molar-refractivity contribution in [3.05, 3.63) is 23.8 Å². The van der Waals surface area contributed by atoms with E-state index < -0.39 is 0 Å². The van der Waals surface area contributed by atoms with E-state index in [0.717, 1.165) is 5.56 Å². The molecule has 0 saturated carbocycles. The van der Waals surface area contributed by atoms with Crippen LogP contribution < -0.4 is 16.0 Å². The molecule has 66 valence electrons. The number of methoxy groups -OCH3 is 1. The minimum atomic E-state index is 0.187. The molecule has 4 heteroatoms. The fourth-order valence-corrected chi connectivity index (χ4v) is 0.930. The number of nitrogens with one attached hydrogen (secondary N) is 1. The quantitative estimate of drug-likeness (QED) is 0.450. The second-order valence-electron chi connectivity index (χ2n) is 2.38. The Morgan fingerprint density at radius 3 is 2.83 bits per heavy atom. The van der Waals surface area contributed by atoms with Gasteiger partial charge in [0.25, 0.3) is 0 Å². The molecule has 0 aliphatic rings. The van der Waals surface area contributed by atoms with Crippen LogP contribution in [0.15, 0.2) is 18.2 Å². The molecule has 1 aromatic carbocycles. The summed E-state index contributed by atoms with van der Waals surface area (Å²) < 4.78 is 4.92. The van der Waals surface area contributed by atoms with Gasteiger partial charge in [-0.1, -0.05) is 6.07 Å². The molecule has 0 unspecified atom stereocenters. The number of rotatable bonds is 3. The van der Waals surface area contributed by atoms with Gasteiger partial charge in [-0.2, -0.15) is 0 Å². The monoisotopic (exact) mass is 168 g/mol. The van der Waals surface area contributed by atoms with Crippen molar-refractivity contribution in [3.63, 3.8) is 0 Å². The molecule has 0 saturated heterocycles. The van der Waals surface area contributed by atoms with Crippen molar-refractivity contribution in [1.29, 1.82) is 0 Å². The molecular weight excluding hydrogens is 156 g/mol. The van der Waals surface area contributed by atoms with E-state index in [2.05, 4.69) is 5.43 Å². The smallest absolute Gasteiger partial charge is 0.123 e. The molecule has 0 aromatic heterocycles. The summed E-state index contributed by atoms with van der Waals surface area (Å²) >= 11 is 0. The Bertz CT molecular complexity index is 263. The summed E-state index contributed by atoms with van der Waals surface area (Å²) in [4.78, 5) is 0. The number of phenolic OH excluding ortho intramolecular Hbond substituents is 1. The Balaban J connectivity index is 2.87. The highest BCUT2D eigenvalue weighted by Crippen LogP contribution is 2.22. The predicted molar refractivity (Wildman–Crippen MR) is 45.7 cm³/mol. The summed E-state index contributed by atoms with van der Waals surface area (Å²) in [6.45, 7) is 0.440. The van der Waals surface area contributed by atoms with Gasteiger partial charge in [0.05, 0.1) is 7.11 Å². The highest BCUT2D eigenvalue weighted by molar-refractivity contribution is 5.39. The third-order valence-electron chi connectivity index (χ3n) is 1.58. The van der Waals surface area contributed by atoms with Crippen LogP contribution in [0.4, 0.5) is 0 Å². The second-order valence-corrected chi connectivity index (χ2v) is 2.38. The van der Waals surface area contributed by atoms with Crippen LogP contribution in [0.2, 0.25) is 0 Å². The van der Waals surface area contributed by atoms with E-state index >= 15 is 0 Å². The maximum Gasteiger partial charge on any atom is 0.123 e. The van der Waals surface area contributed by atoms with Crippen LogP contribution in [0.5, 0.6) is 11.5 Å². The van der Waals surface area contributed by atoms with E-state index in [1.54, 1.807) is 25.3 Å². The lowest BCUT2D eigenvalue weighted by molar-refractivity contribution is 0.406. The van der Waals surface area contributed by atoms with Crippen LogP contribution in [-0.2, 0) is 6.54 Å². The van der Waals surface area contributed by atoms with Crippen LogP contribution in [0.3, 0.4) is 0 Å². The van der Waals surface area contributed by atoms with Gasteiger partial charge in [-0.3, -0.25) is 11.3 Å². The number of hydrogen-bond acceptors (Lipinski definition) is 4. The van der Waals surface area contributed by atoms with Gasteiger partial charge >= 0.3 is 0 Å². The van der Waals surface area contributed by atoms with Gasteiger partial charge in [-0.25, -0.2) is 0 Å². The van der Waals surface area contributed by atoms with Crippen molar-refractivity contribution in [3.8, 4) is 11.5 Å². The largest absolute Gasteiger partial charge is 0.507 e. The maximum atomic E-state index is 9.38. The minimum Gasteiger partial charge on any atom is -0.507 e. The van der Waals surface area contributed by atoms with E-state index in [0.29, 0.717) is 12.3 Å². The molecule has 0 aliphatic carbocycles. The van der Waals surface area contributed by atoms with Gasteiger partial charge in [0.1, 0.15) is 11.5 Å². The summed E-state index contributed by atoms with van der Waals surface area (Å²) in [5.74, 6) is 5.93. The summed E-state index contributed by atoms with van der Waals surface area (Å²) in [7, 11) is 1.55. The van der Waals surface area contributed by atoms with Gasteiger partial charge in [0.15, 0.2) is 0 Å². The van der Waals surface area contributed by atoms with Crippen molar-refractivity contribution < 1.29 is 9.84 Å². The Morgan fingerprint density at radius 1 is 1.58 bits per heavy atom. The Hall–Kier alpha value is -1.26. The lowest BCUT2D eigenvalue weighted by Crippen LogP contribution is -2.20. The van der Waals surface area contributed by atoms with E-state index in [9.17, 15) is 5.11 Å². The van der Waals surface area contributed by atoms with Crippen molar-refractivity contribution in [2.24, 2.45) is 5.84 Å². The SMILES string of the molecule is COc1ccc(CNN)c(O)c1. The first-order chi connectivity index (χ1) is 5.77. The Labute approximate surface area is 70.9 Å². The standard InChI is InChI=1S/C8H12N2O2/c1-12-7-3-2-6(5-10-9)8(11)4-7/h2-4,10-11H,5,9H2,1H3. The average molecular weight is 168 g/mol. The molecule has 0 fully saturated rings. The van der Waals surface area contributed by atoms with E-state index in [1.165, 1.54) is 0 Å². The minimum absolute atomic E-state index is 0.187. The molecule has 0 bridgehead atoms. The molecule has 4 N–H and O–H groups in total. The first-order valence-electron chi connectivity index (χ1n) is 3.57. The topological polar surface area (TPSA) is 67.5 Å². The van der Waals surface area contributed by atoms with Gasteiger partial charge in [-0.15, -0.1) is 0 Å². The molecule has 0 radical (unpaired) electrons. The second kappa shape index (κ2) is 3.94. The van der Waals surface area contributed by atoms with E-state index in [4.69, 9.17) is 10.6 Å². The summed E-state index contributed by atoms with van der Waals surface area (Å²) in [6.07, 6.45) is 0. The molecule has 0 amide bonds. The summed E-state index contributed by atoms with van der Waals surface area (Å²) in [5.41, 5.74) is 3.21. The molecule has 4 nitrogen and oxygen atoms in total. The number of nitrogens with two attached hydrogens (primary N) is 1. The summed E-state index contributed by atoms with van der Waals surface area (Å²) in [5, 5.41) is 9.38. The van der Waals surface area contributed by atoms with Crippen LogP contribution in [0.25, 0.3) is 0 Å². The lowest BCUT2D eigenvalue weighted by Gasteiger charge is -2.05. The highest BCUT2D eigenvalue weighted by atomic mass is 16.5. The number of hydrogen-bond donors (Lipinski definition) is 3. The molecular formula is C8H12N2O2. The van der Waals surface area contributed by atoms with Gasteiger partial charge in [0.2, 0.25) is 0 Å². The van der Waals surface area contributed by atoms with E-state index in [-0.39, 0.29) is 5.75 Å². The van der Waals surface area contributed by atoms with Crippen molar-refractivity contribution in [1.82, 2.24) is 5.43 Å². The normalized spacial score (nSPS) is 9.83. The molecule has 1 aromatic rings. The maximum absolute atomic E-state index is 9.38. The van der Waals surface area contributed by atoms with Crippen LogP contribution in [0.1, 0.15) is 5.56 Å². The fraction of sp³-hybridized carbons (Fsp3) is 0.250. The third kappa shape index (κ3) is 1.87. The first kappa shape index (κ1) is 8.83. The predicted octanol–water partition coefficient (Wildman–Crippen LogP) is 0.364. The molecule has 12 heavy (non-hydrogen) atoms. The van der Waals surface area contributed by atoms with Crippen LogP contribution in [-0.4, -0.2) is 12.2 Å². The molecule has 1 rings (SSSR count). The molecule has 0 heterocycles. The third-order valence-corrected chi connectivity index (χ3v) is 1.58. The van der Waals surface area contributed by atoms with Crippen molar-refractivity contribution in [2.75, 3.05) is 7.11 Å². The van der Waals surface area contributed by atoms with Gasteiger partial charge in [0, 0.05) is 18.2 Å². The average Bonchev–Trinajstić information content (AvgIpc) is 2.09. The fourth-order valence-electron chi connectivity index (χ4n) is 0.930. The molecule has 0 spiro atoms. The number of benzene rings is 1. The zero-order valence-corrected chi connectivity index (χ0v) is 6.87. The molecule has 0 atom stereocenters. The van der Waals surface area contributed by atoms with E-state index in [1.807, 2.05) is 0 Å². The van der Waals surface area contributed by atoms with Crippen molar-refractivity contribution in [2.45, 2.75) is 6.54 Å². The number of hydrazine groups is 1. The van der Waals surface area contributed by atoms with Crippen LogP contribution >= 0.6 is 0 Å². The zero-order valence-electron chi connectivity index (χ0n) is 6.87. The first-order valence-corrected chi connectivity index (χ1v) is 3.57. The Morgan fingerprint density at radius 2 is 2.33 bits per heavy atom. The van der Waals surface area contributed by atoms with Gasteiger partial charge < -0.3 is 9.84 Å². The summed E-state index contributed by atoms with van der Waals surface area (Å²) in [6, 6.07) is 5.08. The molecule has 0 aliphatic heterocycles. The van der Waals surface area contributed by atoms with Crippen LogP contribution in [0, 0.1) is 0 Å². The number of ether oxygens (including phenoxy) is 1. The number of phenols is 1. The Kier molecular flexibility index (Phi) is 2.90. The highest BCUT2D eigenvalue weighted by Gasteiger charge is 2.00. The zero-order chi connectivity index (χ0) is 8.97. The van der Waals surface area contributed by atoms with Crippen molar-refractivity contribution >= 4 is 0 Å². The lowest BCUT2D eigenvalue weighted by atomic mass is 10.2. The van der Waals surface area contributed by atoms with Gasteiger partial charge in [-0.05, 0) is 6.07 Å².